The number of nitrogens with zero attached hydrogens (tertiary/aromatic N) is 2. The predicted molar refractivity (Wildman–Crippen MR) is 148 cm³/mol. The Morgan fingerprint density at radius 2 is 1.90 bits per heavy atom. The number of aromatic nitrogens is 1. The molecule has 2 heterocycles. The van der Waals surface area contributed by atoms with Crippen LogP contribution in [-0.4, -0.2) is 54.9 Å². The van der Waals surface area contributed by atoms with Gasteiger partial charge in [-0.25, -0.2) is 9.78 Å². The summed E-state index contributed by atoms with van der Waals surface area (Å²) in [6.45, 7) is 9.65. The molecule has 8 nitrogen and oxygen atoms in total. The van der Waals surface area contributed by atoms with E-state index in [-0.39, 0.29) is 29.8 Å². The number of carbonyl (C=O) groups is 2. The Morgan fingerprint density at radius 3 is 2.64 bits per heavy atom. The van der Waals surface area contributed by atoms with Crippen LogP contribution in [0.3, 0.4) is 0 Å². The van der Waals surface area contributed by atoms with E-state index in [0.717, 1.165) is 22.6 Å². The van der Waals surface area contributed by atoms with E-state index in [0.29, 0.717) is 57.4 Å². The van der Waals surface area contributed by atoms with Crippen molar-refractivity contribution in [2.75, 3.05) is 32.9 Å². The second kappa shape index (κ2) is 13.3. The van der Waals surface area contributed by atoms with E-state index in [9.17, 15) is 9.59 Å². The molecule has 4 rings (SSSR count). The highest BCUT2D eigenvalue weighted by atomic mass is 16.6. The summed E-state index contributed by atoms with van der Waals surface area (Å²) in [6, 6.07) is 17.5. The highest BCUT2D eigenvalue weighted by Gasteiger charge is 2.38. The predicted octanol–water partition coefficient (Wildman–Crippen LogP) is 6.03. The molecule has 0 spiro atoms. The van der Waals surface area contributed by atoms with Crippen LogP contribution in [0.2, 0.25) is 0 Å². The van der Waals surface area contributed by atoms with Gasteiger partial charge in [0.05, 0.1) is 31.4 Å². The summed E-state index contributed by atoms with van der Waals surface area (Å²) in [6.07, 6.45) is 0.762. The van der Waals surface area contributed by atoms with Gasteiger partial charge in [-0.1, -0.05) is 44.2 Å². The topological polar surface area (TPSA) is 91.1 Å². The molecular weight excluding hydrogens is 496 g/mol. The molecule has 1 saturated heterocycles. The van der Waals surface area contributed by atoms with E-state index in [1.54, 1.807) is 11.8 Å². The maximum absolute atomic E-state index is 12.8. The van der Waals surface area contributed by atoms with Crippen molar-refractivity contribution in [2.24, 2.45) is 11.8 Å². The molecule has 2 atom stereocenters. The SMILES string of the molecule is CCOC(=O)C1CCN(C(=O)OCC(C)C)C[C@H]1c1cccc(OCCc2nc(-c3ccccc3)oc2C)c1. The number of oxazole rings is 1. The minimum Gasteiger partial charge on any atom is -0.493 e. The number of ether oxygens (including phenoxy) is 3. The monoisotopic (exact) mass is 534 g/mol. The first-order valence-corrected chi connectivity index (χ1v) is 13.7. The van der Waals surface area contributed by atoms with Crippen molar-refractivity contribution in [2.45, 2.75) is 46.5 Å². The molecule has 1 fully saturated rings. The van der Waals surface area contributed by atoms with Crippen LogP contribution in [0.15, 0.2) is 59.0 Å². The molecule has 3 aromatic rings. The van der Waals surface area contributed by atoms with Gasteiger partial charge in [-0.2, -0.15) is 0 Å². The number of piperidine rings is 1. The van der Waals surface area contributed by atoms with Crippen molar-refractivity contribution in [1.82, 2.24) is 9.88 Å². The normalized spacial score (nSPS) is 17.2. The maximum Gasteiger partial charge on any atom is 0.409 e. The zero-order chi connectivity index (χ0) is 27.8. The highest BCUT2D eigenvalue weighted by molar-refractivity contribution is 5.75. The number of likely N-dealkylation sites (tertiary alicyclic amines) is 1. The van der Waals surface area contributed by atoms with Crippen LogP contribution >= 0.6 is 0 Å². The van der Waals surface area contributed by atoms with Gasteiger partial charge in [0.25, 0.3) is 0 Å². The fourth-order valence-corrected chi connectivity index (χ4v) is 4.78. The summed E-state index contributed by atoms with van der Waals surface area (Å²) < 4.78 is 22.8. The number of carbonyl (C=O) groups excluding carboxylic acids is 2. The number of esters is 1. The molecular formula is C31H38N2O6. The molecule has 1 amide bonds. The molecule has 1 aromatic heterocycles. The van der Waals surface area contributed by atoms with E-state index in [1.807, 2.05) is 75.4 Å². The number of aryl methyl sites for hydroxylation is 1. The van der Waals surface area contributed by atoms with Crippen molar-refractivity contribution >= 4 is 12.1 Å². The number of hydrogen-bond acceptors (Lipinski definition) is 7. The summed E-state index contributed by atoms with van der Waals surface area (Å²) in [5.41, 5.74) is 2.72. The van der Waals surface area contributed by atoms with E-state index in [1.165, 1.54) is 0 Å². The first-order valence-electron chi connectivity index (χ1n) is 13.7. The fraction of sp³-hybridized carbons (Fsp3) is 0.452. The molecule has 0 N–H and O–H groups in total. The van der Waals surface area contributed by atoms with Gasteiger partial charge in [0.2, 0.25) is 5.89 Å². The van der Waals surface area contributed by atoms with Gasteiger partial charge in [-0.05, 0) is 56.0 Å². The largest absolute Gasteiger partial charge is 0.493 e. The Labute approximate surface area is 230 Å². The lowest BCUT2D eigenvalue weighted by atomic mass is 9.80. The Morgan fingerprint density at radius 1 is 1.10 bits per heavy atom. The van der Waals surface area contributed by atoms with Gasteiger partial charge < -0.3 is 23.5 Å². The van der Waals surface area contributed by atoms with Crippen molar-refractivity contribution in [3.63, 3.8) is 0 Å². The summed E-state index contributed by atoms with van der Waals surface area (Å²) in [5.74, 6) is 1.52. The maximum atomic E-state index is 12.8. The van der Waals surface area contributed by atoms with Crippen LogP contribution in [0.4, 0.5) is 4.79 Å². The standard InChI is InChI=1S/C31H38N2O6/c1-5-36-30(34)26-14-16-33(31(35)38-20-21(2)3)19-27(26)24-12-9-13-25(18-24)37-17-15-28-22(4)39-29(32-28)23-10-7-6-8-11-23/h6-13,18,21,26-27H,5,14-17,19-20H2,1-4H3/t26?,27-/m0/s1. The first-order chi connectivity index (χ1) is 18.9. The van der Waals surface area contributed by atoms with Gasteiger partial charge in [0.15, 0.2) is 0 Å². The molecule has 0 bridgehead atoms. The molecule has 2 aromatic carbocycles. The van der Waals surface area contributed by atoms with Crippen LogP contribution in [0.1, 0.15) is 50.1 Å². The number of benzene rings is 2. The lowest BCUT2D eigenvalue weighted by molar-refractivity contribution is -0.150. The second-order valence-electron chi connectivity index (χ2n) is 10.2. The van der Waals surface area contributed by atoms with Gasteiger partial charge >= 0.3 is 12.1 Å². The third-order valence-corrected chi connectivity index (χ3v) is 6.81. The number of amides is 1. The smallest absolute Gasteiger partial charge is 0.409 e. The van der Waals surface area contributed by atoms with Crippen LogP contribution in [0.5, 0.6) is 5.75 Å². The molecule has 8 heteroatoms. The van der Waals surface area contributed by atoms with Crippen LogP contribution in [0, 0.1) is 18.8 Å². The molecule has 208 valence electrons. The van der Waals surface area contributed by atoms with E-state index in [4.69, 9.17) is 18.6 Å². The fourth-order valence-electron chi connectivity index (χ4n) is 4.78. The van der Waals surface area contributed by atoms with Gasteiger partial charge in [-0.15, -0.1) is 0 Å². The Balaban J connectivity index is 1.43. The molecule has 1 aliphatic rings. The van der Waals surface area contributed by atoms with E-state index < -0.39 is 0 Å². The molecule has 1 aliphatic heterocycles. The summed E-state index contributed by atoms with van der Waals surface area (Å²) >= 11 is 0. The summed E-state index contributed by atoms with van der Waals surface area (Å²) in [7, 11) is 0. The average molecular weight is 535 g/mol. The summed E-state index contributed by atoms with van der Waals surface area (Å²) in [4.78, 5) is 31.9. The third-order valence-electron chi connectivity index (χ3n) is 6.81. The quantitative estimate of drug-likeness (QED) is 0.293. The molecule has 0 saturated carbocycles. The molecule has 0 radical (unpaired) electrons. The van der Waals surface area contributed by atoms with Crippen LogP contribution in [-0.2, 0) is 20.7 Å². The Kier molecular flexibility index (Phi) is 9.63. The molecule has 1 unspecified atom stereocenters. The molecule has 39 heavy (non-hydrogen) atoms. The molecule has 0 aliphatic carbocycles. The first kappa shape index (κ1) is 28.2. The number of rotatable bonds is 10. The van der Waals surface area contributed by atoms with Crippen molar-refractivity contribution in [3.05, 3.63) is 71.6 Å². The van der Waals surface area contributed by atoms with Gasteiger partial charge in [-0.3, -0.25) is 4.79 Å². The van der Waals surface area contributed by atoms with E-state index >= 15 is 0 Å². The zero-order valence-electron chi connectivity index (χ0n) is 23.2. The van der Waals surface area contributed by atoms with Gasteiger partial charge in [0.1, 0.15) is 11.5 Å². The van der Waals surface area contributed by atoms with Gasteiger partial charge in [0, 0.05) is 31.0 Å². The second-order valence-corrected chi connectivity index (χ2v) is 10.2. The van der Waals surface area contributed by atoms with Crippen molar-refractivity contribution in [3.8, 4) is 17.2 Å². The summed E-state index contributed by atoms with van der Waals surface area (Å²) in [5, 5.41) is 0. The lowest BCUT2D eigenvalue weighted by Gasteiger charge is -2.37. The Bertz CT molecular complexity index is 1240. The highest BCUT2D eigenvalue weighted by Crippen LogP contribution is 2.35. The lowest BCUT2D eigenvalue weighted by Crippen LogP contribution is -2.45. The van der Waals surface area contributed by atoms with Crippen molar-refractivity contribution < 1.29 is 28.2 Å². The number of hydrogen-bond donors (Lipinski definition) is 0. The third kappa shape index (κ3) is 7.40. The van der Waals surface area contributed by atoms with Crippen LogP contribution < -0.4 is 4.74 Å². The minimum absolute atomic E-state index is 0.223. The van der Waals surface area contributed by atoms with Crippen molar-refractivity contribution in [1.29, 1.82) is 0 Å². The minimum atomic E-state index is -0.346. The zero-order valence-corrected chi connectivity index (χ0v) is 23.2. The Hall–Kier alpha value is -3.81. The van der Waals surface area contributed by atoms with Crippen LogP contribution in [0.25, 0.3) is 11.5 Å². The average Bonchev–Trinajstić information content (AvgIpc) is 3.32. The van der Waals surface area contributed by atoms with E-state index in [2.05, 4.69) is 4.98 Å².